The van der Waals surface area contributed by atoms with Crippen LogP contribution in [0.25, 0.3) is 0 Å². The lowest BCUT2D eigenvalue weighted by Gasteiger charge is -2.18. The zero-order valence-corrected chi connectivity index (χ0v) is 12.4. The lowest BCUT2D eigenvalue weighted by atomic mass is 10.3. The van der Waals surface area contributed by atoms with Crippen LogP contribution in [0.5, 0.6) is 0 Å². The molecule has 20 heavy (non-hydrogen) atoms. The highest BCUT2D eigenvalue weighted by Gasteiger charge is 2.23. The van der Waals surface area contributed by atoms with Gasteiger partial charge in [0.05, 0.1) is 5.02 Å². The molecule has 2 N–H and O–H groups in total. The number of benzene rings is 1. The Bertz CT molecular complexity index is 705. The van der Waals surface area contributed by atoms with Crippen LogP contribution in [-0.4, -0.2) is 24.8 Å². The molecule has 0 fully saturated rings. The minimum atomic E-state index is -3.66. The number of hydrogen-bond donors (Lipinski definition) is 1. The van der Waals surface area contributed by atoms with E-state index < -0.39 is 10.0 Å². The second-order valence-electron chi connectivity index (χ2n) is 4.31. The second-order valence-corrected chi connectivity index (χ2v) is 6.73. The summed E-state index contributed by atoms with van der Waals surface area (Å²) in [4.78, 5) is 3.94. The molecular formula is C13H14ClN3O2S. The molecule has 0 radical (unpaired) electrons. The fraction of sp³-hybridized carbons (Fsp3) is 0.154. The van der Waals surface area contributed by atoms with E-state index in [1.807, 2.05) is 0 Å². The number of pyridine rings is 1. The minimum absolute atomic E-state index is 0.0462. The lowest BCUT2D eigenvalue weighted by Crippen LogP contribution is -2.26. The van der Waals surface area contributed by atoms with Gasteiger partial charge >= 0.3 is 0 Å². The summed E-state index contributed by atoms with van der Waals surface area (Å²) in [7, 11) is -2.16. The molecule has 0 amide bonds. The van der Waals surface area contributed by atoms with Crippen molar-refractivity contribution in [2.45, 2.75) is 11.4 Å². The first-order valence-corrected chi connectivity index (χ1v) is 7.63. The van der Waals surface area contributed by atoms with Gasteiger partial charge in [0.1, 0.15) is 4.90 Å². The predicted molar refractivity (Wildman–Crippen MR) is 78.8 cm³/mol. The van der Waals surface area contributed by atoms with Crippen molar-refractivity contribution in [1.82, 2.24) is 9.29 Å². The highest BCUT2D eigenvalue weighted by molar-refractivity contribution is 7.89. The number of sulfonamides is 1. The summed E-state index contributed by atoms with van der Waals surface area (Å²) < 4.78 is 26.1. The van der Waals surface area contributed by atoms with Crippen LogP contribution >= 0.6 is 11.6 Å². The summed E-state index contributed by atoms with van der Waals surface area (Å²) in [5, 5.41) is 0.117. The quantitative estimate of drug-likeness (QED) is 0.878. The minimum Gasteiger partial charge on any atom is -0.399 e. The Morgan fingerprint density at radius 2 is 1.90 bits per heavy atom. The molecule has 7 heteroatoms. The Balaban J connectivity index is 2.30. The van der Waals surface area contributed by atoms with Gasteiger partial charge in [-0.1, -0.05) is 11.6 Å². The number of aromatic nitrogens is 1. The fourth-order valence-corrected chi connectivity index (χ4v) is 3.41. The van der Waals surface area contributed by atoms with Crippen LogP contribution in [0.3, 0.4) is 0 Å². The van der Waals surface area contributed by atoms with Crippen LogP contribution in [0.15, 0.2) is 47.6 Å². The average Bonchev–Trinajstić information content (AvgIpc) is 2.39. The maximum absolute atomic E-state index is 12.5. The normalized spacial score (nSPS) is 11.8. The lowest BCUT2D eigenvalue weighted by molar-refractivity contribution is 0.466. The molecule has 0 unspecified atom stereocenters. The van der Waals surface area contributed by atoms with Gasteiger partial charge in [0, 0.05) is 31.7 Å². The monoisotopic (exact) mass is 311 g/mol. The van der Waals surface area contributed by atoms with Gasteiger partial charge in [-0.3, -0.25) is 4.98 Å². The van der Waals surface area contributed by atoms with Crippen LogP contribution in [0, 0.1) is 0 Å². The third-order valence-electron chi connectivity index (χ3n) is 2.80. The van der Waals surface area contributed by atoms with Gasteiger partial charge in [0.25, 0.3) is 0 Å². The Kier molecular flexibility index (Phi) is 4.27. The number of anilines is 1. The van der Waals surface area contributed by atoms with Crippen molar-refractivity contribution >= 4 is 27.3 Å². The van der Waals surface area contributed by atoms with Gasteiger partial charge in [-0.25, -0.2) is 8.42 Å². The molecule has 0 aliphatic heterocycles. The first kappa shape index (κ1) is 14.8. The Morgan fingerprint density at radius 3 is 2.50 bits per heavy atom. The van der Waals surface area contributed by atoms with E-state index in [0.29, 0.717) is 5.69 Å². The van der Waals surface area contributed by atoms with Crippen LogP contribution in [0.4, 0.5) is 5.69 Å². The molecule has 0 aliphatic carbocycles. The molecule has 0 saturated heterocycles. The molecule has 1 heterocycles. The van der Waals surface area contributed by atoms with E-state index in [4.69, 9.17) is 17.3 Å². The third-order valence-corrected chi connectivity index (χ3v) is 5.09. The number of nitrogen functional groups attached to an aromatic ring is 1. The van der Waals surface area contributed by atoms with Crippen molar-refractivity contribution in [3.63, 3.8) is 0 Å². The standard InChI is InChI=1S/C13H14ClN3O2S/c1-17(9-10-4-6-16-7-5-10)20(18,19)13-3-2-11(15)8-12(13)14/h2-8H,9,15H2,1H3. The molecular weight excluding hydrogens is 298 g/mol. The molecule has 0 bridgehead atoms. The Morgan fingerprint density at radius 1 is 1.25 bits per heavy atom. The SMILES string of the molecule is CN(Cc1ccncc1)S(=O)(=O)c1ccc(N)cc1Cl. The first-order chi connectivity index (χ1) is 9.41. The predicted octanol–water partition coefficient (Wildman–Crippen LogP) is 2.14. The highest BCUT2D eigenvalue weighted by Crippen LogP contribution is 2.26. The highest BCUT2D eigenvalue weighted by atomic mass is 35.5. The second kappa shape index (κ2) is 5.78. The molecule has 0 spiro atoms. The first-order valence-electron chi connectivity index (χ1n) is 5.81. The smallest absolute Gasteiger partial charge is 0.244 e. The van der Waals surface area contributed by atoms with Crippen molar-refractivity contribution in [2.75, 3.05) is 12.8 Å². The van der Waals surface area contributed by atoms with Gasteiger partial charge < -0.3 is 5.73 Å². The largest absolute Gasteiger partial charge is 0.399 e. The number of hydrogen-bond acceptors (Lipinski definition) is 4. The van der Waals surface area contributed by atoms with Crippen molar-refractivity contribution in [3.05, 3.63) is 53.3 Å². The summed E-state index contributed by atoms with van der Waals surface area (Å²) >= 11 is 5.97. The summed E-state index contributed by atoms with van der Waals surface area (Å²) in [5.41, 5.74) is 6.84. The molecule has 5 nitrogen and oxygen atoms in total. The summed E-state index contributed by atoms with van der Waals surface area (Å²) in [6.07, 6.45) is 3.23. The maximum Gasteiger partial charge on any atom is 0.244 e. The topological polar surface area (TPSA) is 76.3 Å². The zero-order chi connectivity index (χ0) is 14.8. The Hall–Kier alpha value is -1.63. The van der Waals surface area contributed by atoms with Crippen molar-refractivity contribution < 1.29 is 8.42 Å². The van der Waals surface area contributed by atoms with Crippen molar-refractivity contribution in [1.29, 1.82) is 0 Å². The zero-order valence-electron chi connectivity index (χ0n) is 10.8. The van der Waals surface area contributed by atoms with E-state index in [1.165, 1.54) is 29.6 Å². The van der Waals surface area contributed by atoms with E-state index in [1.54, 1.807) is 24.5 Å². The number of nitrogens with zero attached hydrogens (tertiary/aromatic N) is 2. The third kappa shape index (κ3) is 3.09. The van der Waals surface area contributed by atoms with E-state index >= 15 is 0 Å². The van der Waals surface area contributed by atoms with Crippen LogP contribution < -0.4 is 5.73 Å². The van der Waals surface area contributed by atoms with E-state index in [-0.39, 0.29) is 16.5 Å². The average molecular weight is 312 g/mol. The van der Waals surface area contributed by atoms with Gasteiger partial charge in [0.2, 0.25) is 10.0 Å². The van der Waals surface area contributed by atoms with E-state index in [9.17, 15) is 8.42 Å². The molecule has 0 aliphatic rings. The summed E-state index contributed by atoms with van der Waals surface area (Å²) in [5.74, 6) is 0. The maximum atomic E-state index is 12.5. The summed E-state index contributed by atoms with van der Waals surface area (Å²) in [6.45, 7) is 0.242. The van der Waals surface area contributed by atoms with Crippen molar-refractivity contribution in [2.24, 2.45) is 0 Å². The molecule has 0 saturated carbocycles. The van der Waals surface area contributed by atoms with Gasteiger partial charge in [-0.05, 0) is 35.9 Å². The molecule has 1 aromatic heterocycles. The van der Waals surface area contributed by atoms with E-state index in [2.05, 4.69) is 4.98 Å². The molecule has 0 atom stereocenters. The number of nitrogens with two attached hydrogens (primary N) is 1. The Labute approximate surface area is 123 Å². The van der Waals surface area contributed by atoms with E-state index in [0.717, 1.165) is 5.56 Å². The fourth-order valence-electron chi connectivity index (χ4n) is 1.72. The van der Waals surface area contributed by atoms with Crippen LogP contribution in [-0.2, 0) is 16.6 Å². The van der Waals surface area contributed by atoms with Crippen LogP contribution in [0.2, 0.25) is 5.02 Å². The van der Waals surface area contributed by atoms with Crippen molar-refractivity contribution in [3.8, 4) is 0 Å². The molecule has 2 rings (SSSR count). The number of halogens is 1. The summed E-state index contributed by atoms with van der Waals surface area (Å²) in [6, 6.07) is 7.87. The number of rotatable bonds is 4. The van der Waals surface area contributed by atoms with Gasteiger partial charge in [-0.15, -0.1) is 0 Å². The van der Waals surface area contributed by atoms with Gasteiger partial charge in [0.15, 0.2) is 0 Å². The van der Waals surface area contributed by atoms with Crippen LogP contribution in [0.1, 0.15) is 5.56 Å². The molecule has 2 aromatic rings. The molecule has 106 valence electrons. The van der Waals surface area contributed by atoms with Gasteiger partial charge in [-0.2, -0.15) is 4.31 Å². The molecule has 1 aromatic carbocycles.